The van der Waals surface area contributed by atoms with Crippen molar-refractivity contribution in [3.8, 4) is 11.1 Å². The van der Waals surface area contributed by atoms with Crippen LogP contribution in [0, 0.1) is 6.92 Å². The summed E-state index contributed by atoms with van der Waals surface area (Å²) in [5.74, 6) is -0.254. The maximum Gasteiger partial charge on any atom is 0.377 e. The van der Waals surface area contributed by atoms with Gasteiger partial charge in [-0.3, -0.25) is 4.79 Å². The molecule has 90 valence electrons. The van der Waals surface area contributed by atoms with Crippen molar-refractivity contribution in [3.63, 3.8) is 0 Å². The molecule has 0 saturated heterocycles. The first kappa shape index (κ1) is 12.4. The molecule has 2 nitrogen and oxygen atoms in total. The monoisotopic (exact) mass is 238 g/mol. The molecule has 0 heterocycles. The van der Waals surface area contributed by atoms with Gasteiger partial charge in [-0.25, -0.2) is 0 Å². The summed E-state index contributed by atoms with van der Waals surface area (Å²) in [6.45, 7) is 3.49. The van der Waals surface area contributed by atoms with Crippen LogP contribution in [0.3, 0.4) is 0 Å². The largest absolute Gasteiger partial charge is 0.535 e. The first-order chi connectivity index (χ1) is 8.65. The van der Waals surface area contributed by atoms with Gasteiger partial charge in [0.05, 0.1) is 0 Å². The molecule has 0 atom stereocenters. The van der Waals surface area contributed by atoms with Crippen molar-refractivity contribution in [2.75, 3.05) is 0 Å². The van der Waals surface area contributed by atoms with Crippen LogP contribution in [0.2, 0.25) is 0 Å². The van der Waals surface area contributed by atoms with Crippen LogP contribution in [-0.4, -0.2) is 13.5 Å². The molecule has 3 heteroatoms. The van der Waals surface area contributed by atoms with Crippen LogP contribution in [0.15, 0.2) is 48.5 Å². The first-order valence-corrected chi connectivity index (χ1v) is 5.94. The Morgan fingerprint density at radius 1 is 1.06 bits per heavy atom. The van der Waals surface area contributed by atoms with Gasteiger partial charge in [-0.1, -0.05) is 54.1 Å². The predicted octanol–water partition coefficient (Wildman–Crippen LogP) is 2.20. The molecule has 0 amide bonds. The molecule has 0 aliphatic heterocycles. The van der Waals surface area contributed by atoms with E-state index >= 15 is 0 Å². The van der Waals surface area contributed by atoms with E-state index in [1.54, 1.807) is 0 Å². The predicted molar refractivity (Wildman–Crippen MR) is 75.2 cm³/mol. The highest BCUT2D eigenvalue weighted by Gasteiger charge is 2.03. The van der Waals surface area contributed by atoms with Crippen molar-refractivity contribution in [2.45, 2.75) is 13.8 Å². The second-order valence-corrected chi connectivity index (χ2v) is 4.35. The van der Waals surface area contributed by atoms with E-state index in [4.69, 9.17) is 4.65 Å². The van der Waals surface area contributed by atoms with E-state index in [0.29, 0.717) is 7.48 Å². The quantitative estimate of drug-likeness (QED) is 0.766. The highest BCUT2D eigenvalue weighted by atomic mass is 16.5. The Morgan fingerprint density at radius 3 is 2.44 bits per heavy atom. The summed E-state index contributed by atoms with van der Waals surface area (Å²) in [5.41, 5.74) is 4.56. The van der Waals surface area contributed by atoms with Gasteiger partial charge in [0.2, 0.25) is 0 Å². The molecule has 0 N–H and O–H groups in total. The van der Waals surface area contributed by atoms with Crippen LogP contribution in [-0.2, 0) is 9.45 Å². The second-order valence-electron chi connectivity index (χ2n) is 4.35. The fraction of sp³-hybridized carbons (Fsp3) is 0.133. The summed E-state index contributed by atoms with van der Waals surface area (Å²) in [4.78, 5) is 10.8. The van der Waals surface area contributed by atoms with E-state index in [1.165, 1.54) is 18.1 Å². The fourth-order valence-electron chi connectivity index (χ4n) is 1.77. The van der Waals surface area contributed by atoms with Gasteiger partial charge in [0, 0.05) is 6.92 Å². The van der Waals surface area contributed by atoms with Crippen molar-refractivity contribution in [1.82, 2.24) is 0 Å². The number of aryl methyl sites for hydroxylation is 1. The maximum absolute atomic E-state index is 10.8. The molecule has 2 rings (SSSR count). The maximum atomic E-state index is 10.8. The molecular formula is C15H15BO2. The summed E-state index contributed by atoms with van der Waals surface area (Å²) < 4.78 is 5.00. The minimum absolute atomic E-state index is 0.254. The topological polar surface area (TPSA) is 26.3 Å². The van der Waals surface area contributed by atoms with Crippen molar-refractivity contribution >= 4 is 18.9 Å². The minimum Gasteiger partial charge on any atom is -0.535 e. The van der Waals surface area contributed by atoms with Gasteiger partial charge in [-0.05, 0) is 23.5 Å². The molecule has 0 saturated carbocycles. The van der Waals surface area contributed by atoms with Gasteiger partial charge in [-0.15, -0.1) is 0 Å². The third-order valence-corrected chi connectivity index (χ3v) is 2.75. The summed E-state index contributed by atoms with van der Waals surface area (Å²) in [6, 6.07) is 16.4. The Bertz CT molecular complexity index is 547. The van der Waals surface area contributed by atoms with Crippen molar-refractivity contribution in [3.05, 3.63) is 54.1 Å². The van der Waals surface area contributed by atoms with Crippen LogP contribution in [0.5, 0.6) is 0 Å². The minimum atomic E-state index is -0.254. The zero-order valence-electron chi connectivity index (χ0n) is 10.6. The molecule has 18 heavy (non-hydrogen) atoms. The Labute approximate surface area is 108 Å². The van der Waals surface area contributed by atoms with Crippen LogP contribution in [0.1, 0.15) is 12.5 Å². The molecule has 0 bridgehead atoms. The molecule has 0 radical (unpaired) electrons. The Morgan fingerprint density at radius 2 is 1.78 bits per heavy atom. The third-order valence-electron chi connectivity index (χ3n) is 2.75. The van der Waals surface area contributed by atoms with Crippen molar-refractivity contribution in [2.24, 2.45) is 0 Å². The number of carbonyl (C=O) groups is 1. The average Bonchev–Trinajstić information content (AvgIpc) is 2.37. The SMILES string of the molecule is CC(=O)OBc1cccc(-c2ccc(C)cc2)c1. The van der Waals surface area contributed by atoms with E-state index < -0.39 is 0 Å². The molecule has 2 aromatic carbocycles. The number of benzene rings is 2. The van der Waals surface area contributed by atoms with E-state index in [0.717, 1.165) is 11.0 Å². The normalized spacial score (nSPS) is 9.89. The third kappa shape index (κ3) is 3.23. The molecular weight excluding hydrogens is 223 g/mol. The molecule has 0 aliphatic rings. The number of hydrogen-bond donors (Lipinski definition) is 0. The van der Waals surface area contributed by atoms with E-state index in [2.05, 4.69) is 37.3 Å². The molecule has 0 aromatic heterocycles. The van der Waals surface area contributed by atoms with Gasteiger partial charge in [-0.2, -0.15) is 0 Å². The standard InChI is InChI=1S/C15H15BO2/c1-11-6-8-13(9-7-11)14-4-3-5-15(10-14)16-18-12(2)17/h3-10,16H,1-2H3. The molecule has 0 spiro atoms. The number of hydrogen-bond acceptors (Lipinski definition) is 2. The Balaban J connectivity index is 2.21. The lowest BCUT2D eigenvalue weighted by molar-refractivity contribution is -0.131. The Hall–Kier alpha value is -2.03. The summed E-state index contributed by atoms with van der Waals surface area (Å²) in [7, 11) is 0.328. The highest BCUT2D eigenvalue weighted by molar-refractivity contribution is 6.49. The smallest absolute Gasteiger partial charge is 0.377 e. The van der Waals surface area contributed by atoms with Gasteiger partial charge in [0.1, 0.15) is 0 Å². The van der Waals surface area contributed by atoms with Gasteiger partial charge < -0.3 is 4.65 Å². The first-order valence-electron chi connectivity index (χ1n) is 5.94. The lowest BCUT2D eigenvalue weighted by Crippen LogP contribution is -2.19. The van der Waals surface area contributed by atoms with Crippen LogP contribution in [0.25, 0.3) is 11.1 Å². The summed E-state index contributed by atoms with van der Waals surface area (Å²) in [6.07, 6.45) is 0. The van der Waals surface area contributed by atoms with E-state index in [-0.39, 0.29) is 5.97 Å². The van der Waals surface area contributed by atoms with Crippen LogP contribution in [0.4, 0.5) is 0 Å². The molecule has 0 aliphatic carbocycles. The molecule has 2 aromatic rings. The zero-order valence-corrected chi connectivity index (χ0v) is 10.6. The number of rotatable bonds is 3. The number of carbonyl (C=O) groups excluding carboxylic acids is 1. The fourth-order valence-corrected chi connectivity index (χ4v) is 1.77. The van der Waals surface area contributed by atoms with Crippen molar-refractivity contribution in [1.29, 1.82) is 0 Å². The van der Waals surface area contributed by atoms with E-state index in [1.807, 2.05) is 18.2 Å². The molecule has 0 fully saturated rings. The van der Waals surface area contributed by atoms with E-state index in [9.17, 15) is 4.79 Å². The zero-order chi connectivity index (χ0) is 13.0. The lowest BCUT2D eigenvalue weighted by Gasteiger charge is -2.05. The lowest BCUT2D eigenvalue weighted by atomic mass is 9.86. The average molecular weight is 238 g/mol. The van der Waals surface area contributed by atoms with Gasteiger partial charge in [0.25, 0.3) is 5.97 Å². The van der Waals surface area contributed by atoms with Crippen LogP contribution < -0.4 is 5.46 Å². The van der Waals surface area contributed by atoms with Gasteiger partial charge in [0.15, 0.2) is 0 Å². The van der Waals surface area contributed by atoms with Gasteiger partial charge >= 0.3 is 7.48 Å². The highest BCUT2D eigenvalue weighted by Crippen LogP contribution is 2.18. The second kappa shape index (κ2) is 5.54. The summed E-state index contributed by atoms with van der Waals surface area (Å²) >= 11 is 0. The van der Waals surface area contributed by atoms with Crippen LogP contribution >= 0.6 is 0 Å². The Kier molecular flexibility index (Phi) is 3.83. The summed E-state index contributed by atoms with van der Waals surface area (Å²) in [5, 5.41) is 0. The van der Waals surface area contributed by atoms with Crippen molar-refractivity contribution < 1.29 is 9.45 Å². The molecule has 0 unspecified atom stereocenters.